The van der Waals surface area contributed by atoms with Crippen LogP contribution in [-0.4, -0.2) is 22.1 Å². The Balaban J connectivity index is 0.00000338. The van der Waals surface area contributed by atoms with Crippen molar-refractivity contribution in [1.29, 1.82) is 0 Å². The molecule has 5 nitrogen and oxygen atoms in total. The van der Waals surface area contributed by atoms with Gasteiger partial charge >= 0.3 is 0 Å². The van der Waals surface area contributed by atoms with Gasteiger partial charge in [-0.1, -0.05) is 37.6 Å². The van der Waals surface area contributed by atoms with Gasteiger partial charge in [0.05, 0.1) is 13.1 Å². The molecule has 1 aromatic heterocycles. The molecule has 1 aromatic carbocycles. The number of hydrogen-bond acceptors (Lipinski definition) is 2. The van der Waals surface area contributed by atoms with Gasteiger partial charge < -0.3 is 15.2 Å². The lowest BCUT2D eigenvalue weighted by Crippen LogP contribution is -2.37. The van der Waals surface area contributed by atoms with Crippen molar-refractivity contribution in [2.45, 2.75) is 54.3 Å². The van der Waals surface area contributed by atoms with Crippen molar-refractivity contribution in [1.82, 2.24) is 20.2 Å². The van der Waals surface area contributed by atoms with Gasteiger partial charge in [-0.05, 0) is 37.8 Å². The molecule has 6 heteroatoms. The fourth-order valence-corrected chi connectivity index (χ4v) is 2.76. The predicted octanol–water partition coefficient (Wildman–Crippen LogP) is 4.03. The van der Waals surface area contributed by atoms with E-state index < -0.39 is 0 Å². The molecule has 0 aliphatic carbocycles. The van der Waals surface area contributed by atoms with E-state index in [0.717, 1.165) is 24.9 Å². The second-order valence-electron chi connectivity index (χ2n) is 6.87. The summed E-state index contributed by atoms with van der Waals surface area (Å²) in [7, 11) is 0. The molecule has 0 bridgehead atoms. The summed E-state index contributed by atoms with van der Waals surface area (Å²) in [5.41, 5.74) is 3.82. The lowest BCUT2D eigenvalue weighted by atomic mass is 10.1. The third kappa shape index (κ3) is 6.97. The number of aliphatic imine (C=N–C) groups is 1. The van der Waals surface area contributed by atoms with E-state index in [0.29, 0.717) is 19.0 Å². The molecule has 0 fully saturated rings. The second-order valence-corrected chi connectivity index (χ2v) is 6.87. The van der Waals surface area contributed by atoms with Crippen molar-refractivity contribution >= 4 is 29.9 Å². The largest absolute Gasteiger partial charge is 0.357 e. The molecule has 1 heterocycles. The molecule has 0 saturated carbocycles. The average Bonchev–Trinajstić information content (AvgIpc) is 2.98. The highest BCUT2D eigenvalue weighted by atomic mass is 127. The summed E-state index contributed by atoms with van der Waals surface area (Å²) in [6.07, 6.45) is 3.90. The standard InChI is InChI=1S/C20H31N5.HI/c1-6-21-20(23-12-18-8-7-16(4)11-17(18)5)24-13-19-22-9-10-25(19)14-15(2)3;/h7-11,15H,6,12-14H2,1-5H3,(H2,21,23,24);1H. The van der Waals surface area contributed by atoms with Crippen LogP contribution in [-0.2, 0) is 19.6 Å². The van der Waals surface area contributed by atoms with E-state index >= 15 is 0 Å². The molecular weight excluding hydrogens is 437 g/mol. The topological polar surface area (TPSA) is 54.2 Å². The molecule has 144 valence electrons. The molecule has 2 aromatic rings. The Morgan fingerprint density at radius 3 is 2.65 bits per heavy atom. The quantitative estimate of drug-likeness (QED) is 0.366. The molecule has 0 radical (unpaired) electrons. The van der Waals surface area contributed by atoms with Gasteiger partial charge in [0.1, 0.15) is 5.82 Å². The van der Waals surface area contributed by atoms with Crippen molar-refractivity contribution in [3.63, 3.8) is 0 Å². The van der Waals surface area contributed by atoms with Crippen molar-refractivity contribution < 1.29 is 0 Å². The van der Waals surface area contributed by atoms with Crippen LogP contribution < -0.4 is 10.6 Å². The molecule has 0 amide bonds. The minimum Gasteiger partial charge on any atom is -0.357 e. The van der Waals surface area contributed by atoms with Crippen LogP contribution in [0.1, 0.15) is 43.3 Å². The van der Waals surface area contributed by atoms with E-state index in [4.69, 9.17) is 4.99 Å². The number of aromatic nitrogens is 2. The van der Waals surface area contributed by atoms with E-state index in [1.807, 2.05) is 12.4 Å². The fourth-order valence-electron chi connectivity index (χ4n) is 2.76. The average molecular weight is 469 g/mol. The Hall–Kier alpha value is -1.57. The van der Waals surface area contributed by atoms with Gasteiger partial charge in [0.15, 0.2) is 5.96 Å². The summed E-state index contributed by atoms with van der Waals surface area (Å²) < 4.78 is 2.20. The first-order valence-corrected chi connectivity index (χ1v) is 9.08. The molecule has 2 rings (SSSR count). The number of guanidine groups is 1. The highest BCUT2D eigenvalue weighted by molar-refractivity contribution is 14.0. The maximum Gasteiger partial charge on any atom is 0.191 e. The Morgan fingerprint density at radius 2 is 2.00 bits per heavy atom. The van der Waals surface area contributed by atoms with Crippen LogP contribution >= 0.6 is 24.0 Å². The number of nitrogens with one attached hydrogen (secondary N) is 2. The van der Waals surface area contributed by atoms with Crippen molar-refractivity contribution in [2.75, 3.05) is 6.54 Å². The minimum absolute atomic E-state index is 0. The van der Waals surface area contributed by atoms with Crippen LogP contribution in [0.15, 0.2) is 35.6 Å². The monoisotopic (exact) mass is 469 g/mol. The number of hydrogen-bond donors (Lipinski definition) is 2. The van der Waals surface area contributed by atoms with Crippen LogP contribution in [0.25, 0.3) is 0 Å². The maximum absolute atomic E-state index is 4.72. The van der Waals surface area contributed by atoms with Gasteiger partial charge in [-0.2, -0.15) is 0 Å². The third-order valence-corrected chi connectivity index (χ3v) is 4.03. The van der Waals surface area contributed by atoms with Gasteiger partial charge in [-0.15, -0.1) is 24.0 Å². The molecule has 0 aliphatic heterocycles. The Kier molecular flexibility index (Phi) is 9.69. The highest BCUT2D eigenvalue weighted by Crippen LogP contribution is 2.11. The predicted molar refractivity (Wildman–Crippen MR) is 120 cm³/mol. The van der Waals surface area contributed by atoms with Crippen LogP contribution in [0.2, 0.25) is 0 Å². The summed E-state index contributed by atoms with van der Waals surface area (Å²) in [5.74, 6) is 2.45. The molecule has 2 N–H and O–H groups in total. The molecule has 0 atom stereocenters. The number of nitrogens with zero attached hydrogens (tertiary/aromatic N) is 3. The van der Waals surface area contributed by atoms with Crippen molar-refractivity contribution in [3.8, 4) is 0 Å². The lowest BCUT2D eigenvalue weighted by Gasteiger charge is -2.14. The Morgan fingerprint density at radius 1 is 1.23 bits per heavy atom. The normalized spacial score (nSPS) is 11.4. The molecule has 0 saturated heterocycles. The summed E-state index contributed by atoms with van der Waals surface area (Å²) in [4.78, 5) is 9.18. The zero-order chi connectivity index (χ0) is 18.2. The zero-order valence-corrected chi connectivity index (χ0v) is 18.9. The lowest BCUT2D eigenvalue weighted by molar-refractivity contribution is 0.503. The van der Waals surface area contributed by atoms with Crippen molar-refractivity contribution in [3.05, 3.63) is 53.1 Å². The van der Waals surface area contributed by atoms with E-state index in [1.165, 1.54) is 16.7 Å². The molecule has 0 unspecified atom stereocenters. The molecular formula is C20H32IN5. The third-order valence-electron chi connectivity index (χ3n) is 4.03. The first-order chi connectivity index (χ1) is 12.0. The zero-order valence-electron chi connectivity index (χ0n) is 16.5. The fraction of sp³-hybridized carbons (Fsp3) is 0.500. The number of aryl methyl sites for hydroxylation is 2. The first-order valence-electron chi connectivity index (χ1n) is 9.08. The molecule has 0 aliphatic rings. The van der Waals surface area contributed by atoms with Gasteiger partial charge in [-0.3, -0.25) is 0 Å². The summed E-state index contributed by atoms with van der Waals surface area (Å²) in [6, 6.07) is 6.50. The number of imidazole rings is 1. The Labute approximate surface area is 174 Å². The Bertz CT molecular complexity index is 706. The van der Waals surface area contributed by atoms with E-state index in [-0.39, 0.29) is 24.0 Å². The summed E-state index contributed by atoms with van der Waals surface area (Å²) >= 11 is 0. The molecule has 0 spiro atoms. The van der Waals surface area contributed by atoms with Crippen LogP contribution in [0.5, 0.6) is 0 Å². The second kappa shape index (κ2) is 11.2. The van der Waals surface area contributed by atoms with Crippen LogP contribution in [0.3, 0.4) is 0 Å². The first kappa shape index (κ1) is 22.5. The van der Waals surface area contributed by atoms with Gasteiger partial charge in [0.25, 0.3) is 0 Å². The van der Waals surface area contributed by atoms with Crippen LogP contribution in [0, 0.1) is 19.8 Å². The minimum atomic E-state index is 0. The maximum atomic E-state index is 4.72. The molecule has 26 heavy (non-hydrogen) atoms. The summed E-state index contributed by atoms with van der Waals surface area (Å²) in [6.45, 7) is 13.9. The number of benzene rings is 1. The number of halogens is 1. The van der Waals surface area contributed by atoms with Gasteiger partial charge in [0, 0.05) is 25.5 Å². The smallest absolute Gasteiger partial charge is 0.191 e. The van der Waals surface area contributed by atoms with Crippen LogP contribution in [0.4, 0.5) is 0 Å². The highest BCUT2D eigenvalue weighted by Gasteiger charge is 2.06. The van der Waals surface area contributed by atoms with E-state index in [2.05, 4.69) is 73.0 Å². The van der Waals surface area contributed by atoms with Gasteiger partial charge in [-0.25, -0.2) is 9.98 Å². The number of rotatable bonds is 7. The van der Waals surface area contributed by atoms with Crippen molar-refractivity contribution in [2.24, 2.45) is 10.9 Å². The SMILES string of the molecule is CCNC(=NCc1ccc(C)cc1C)NCc1nccn1CC(C)C.I. The van der Waals surface area contributed by atoms with E-state index in [1.54, 1.807) is 0 Å². The summed E-state index contributed by atoms with van der Waals surface area (Å²) in [5, 5.41) is 6.70. The van der Waals surface area contributed by atoms with Gasteiger partial charge in [0.2, 0.25) is 0 Å². The van der Waals surface area contributed by atoms with E-state index in [9.17, 15) is 0 Å².